The second-order valence-corrected chi connectivity index (χ2v) is 5.60. The molecule has 0 spiro atoms. The van der Waals surface area contributed by atoms with Gasteiger partial charge in [-0.2, -0.15) is 0 Å². The SMILES string of the molecule is CC[C@H](C)OCC(=O)N1CCN(c2ccc(OC)cc2)CC1. The van der Waals surface area contributed by atoms with E-state index >= 15 is 0 Å². The molecule has 1 aliphatic heterocycles. The van der Waals surface area contributed by atoms with Crippen LogP contribution in [0.4, 0.5) is 5.69 Å². The molecule has 1 fully saturated rings. The largest absolute Gasteiger partial charge is 0.497 e. The number of hydrogen-bond donors (Lipinski definition) is 0. The van der Waals surface area contributed by atoms with Crippen molar-refractivity contribution < 1.29 is 14.3 Å². The van der Waals surface area contributed by atoms with Crippen LogP contribution in [-0.4, -0.2) is 56.8 Å². The first-order chi connectivity index (χ1) is 10.6. The number of amides is 1. The Balaban J connectivity index is 1.80. The Morgan fingerprint density at radius 2 is 1.82 bits per heavy atom. The molecule has 122 valence electrons. The van der Waals surface area contributed by atoms with Crippen molar-refractivity contribution in [3.63, 3.8) is 0 Å². The van der Waals surface area contributed by atoms with Gasteiger partial charge in [0, 0.05) is 31.9 Å². The van der Waals surface area contributed by atoms with Gasteiger partial charge < -0.3 is 19.3 Å². The third kappa shape index (κ3) is 4.37. The van der Waals surface area contributed by atoms with E-state index in [2.05, 4.69) is 24.0 Å². The van der Waals surface area contributed by atoms with Gasteiger partial charge in [-0.05, 0) is 37.6 Å². The number of piperazine rings is 1. The van der Waals surface area contributed by atoms with Crippen LogP contribution < -0.4 is 9.64 Å². The Hall–Kier alpha value is -1.75. The summed E-state index contributed by atoms with van der Waals surface area (Å²) in [5.74, 6) is 0.953. The molecule has 5 nitrogen and oxygen atoms in total. The first-order valence-electron chi connectivity index (χ1n) is 7.92. The molecular weight excluding hydrogens is 280 g/mol. The van der Waals surface area contributed by atoms with E-state index in [4.69, 9.17) is 9.47 Å². The summed E-state index contributed by atoms with van der Waals surface area (Å²) in [7, 11) is 1.67. The van der Waals surface area contributed by atoms with Crippen molar-refractivity contribution in [3.8, 4) is 5.75 Å². The van der Waals surface area contributed by atoms with E-state index in [9.17, 15) is 4.79 Å². The molecule has 1 atom stereocenters. The van der Waals surface area contributed by atoms with Crippen LogP contribution >= 0.6 is 0 Å². The van der Waals surface area contributed by atoms with Crippen molar-refractivity contribution >= 4 is 11.6 Å². The molecule has 0 N–H and O–H groups in total. The zero-order valence-electron chi connectivity index (χ0n) is 13.7. The average molecular weight is 306 g/mol. The van der Waals surface area contributed by atoms with Gasteiger partial charge in [0.25, 0.3) is 0 Å². The molecule has 1 amide bonds. The minimum Gasteiger partial charge on any atom is -0.497 e. The van der Waals surface area contributed by atoms with Gasteiger partial charge in [-0.25, -0.2) is 0 Å². The maximum atomic E-state index is 12.1. The molecule has 0 bridgehead atoms. The predicted octanol–water partition coefficient (Wildman–Crippen LogP) is 2.16. The minimum atomic E-state index is 0.0923. The van der Waals surface area contributed by atoms with Gasteiger partial charge in [0.1, 0.15) is 12.4 Å². The molecular formula is C17H26N2O3. The zero-order chi connectivity index (χ0) is 15.9. The molecule has 0 aromatic heterocycles. The number of nitrogens with zero attached hydrogens (tertiary/aromatic N) is 2. The van der Waals surface area contributed by atoms with Crippen LogP contribution in [0.2, 0.25) is 0 Å². The van der Waals surface area contributed by atoms with Gasteiger partial charge in [-0.15, -0.1) is 0 Å². The number of methoxy groups -OCH3 is 1. The number of carbonyl (C=O) groups is 1. The smallest absolute Gasteiger partial charge is 0.248 e. The van der Waals surface area contributed by atoms with Crippen LogP contribution in [0, 0.1) is 0 Å². The van der Waals surface area contributed by atoms with Gasteiger partial charge in [0.2, 0.25) is 5.91 Å². The van der Waals surface area contributed by atoms with E-state index in [-0.39, 0.29) is 18.6 Å². The summed E-state index contributed by atoms with van der Waals surface area (Å²) in [5, 5.41) is 0. The highest BCUT2D eigenvalue weighted by molar-refractivity contribution is 5.77. The number of ether oxygens (including phenoxy) is 2. The van der Waals surface area contributed by atoms with Crippen LogP contribution in [0.3, 0.4) is 0 Å². The number of rotatable bonds is 6. The van der Waals surface area contributed by atoms with Crippen molar-refractivity contribution in [2.45, 2.75) is 26.4 Å². The summed E-state index contributed by atoms with van der Waals surface area (Å²) < 4.78 is 10.7. The van der Waals surface area contributed by atoms with Crippen LogP contribution in [0.5, 0.6) is 5.75 Å². The van der Waals surface area contributed by atoms with E-state index < -0.39 is 0 Å². The van der Waals surface area contributed by atoms with Crippen molar-refractivity contribution in [1.29, 1.82) is 0 Å². The summed E-state index contributed by atoms with van der Waals surface area (Å²) in [6.45, 7) is 7.43. The molecule has 1 heterocycles. The predicted molar refractivity (Wildman–Crippen MR) is 87.5 cm³/mol. The van der Waals surface area contributed by atoms with E-state index in [1.807, 2.05) is 24.0 Å². The molecule has 0 radical (unpaired) electrons. The lowest BCUT2D eigenvalue weighted by atomic mass is 10.2. The van der Waals surface area contributed by atoms with Crippen LogP contribution in [0.25, 0.3) is 0 Å². The lowest BCUT2D eigenvalue weighted by Crippen LogP contribution is -2.50. The number of hydrogen-bond acceptors (Lipinski definition) is 4. The Morgan fingerprint density at radius 3 is 2.36 bits per heavy atom. The Kier molecular flexibility index (Phi) is 6.07. The Labute approximate surface area is 132 Å². The number of benzene rings is 1. The van der Waals surface area contributed by atoms with Crippen molar-refractivity contribution in [2.24, 2.45) is 0 Å². The first-order valence-corrected chi connectivity index (χ1v) is 7.92. The lowest BCUT2D eigenvalue weighted by molar-refractivity contribution is -0.138. The standard InChI is InChI=1S/C17H26N2O3/c1-4-14(2)22-13-17(20)19-11-9-18(10-12-19)15-5-7-16(21-3)8-6-15/h5-8,14H,4,9-13H2,1-3H3/t14-/m0/s1. The minimum absolute atomic E-state index is 0.0923. The maximum absolute atomic E-state index is 12.1. The van der Waals surface area contributed by atoms with E-state index in [1.54, 1.807) is 7.11 Å². The van der Waals surface area contributed by atoms with E-state index in [0.717, 1.165) is 38.3 Å². The second kappa shape index (κ2) is 8.03. The van der Waals surface area contributed by atoms with Crippen LogP contribution in [0.1, 0.15) is 20.3 Å². The van der Waals surface area contributed by atoms with Gasteiger partial charge in [-0.3, -0.25) is 4.79 Å². The molecule has 22 heavy (non-hydrogen) atoms. The molecule has 5 heteroatoms. The van der Waals surface area contributed by atoms with Crippen molar-refractivity contribution in [2.75, 3.05) is 44.8 Å². The molecule has 0 aliphatic carbocycles. The van der Waals surface area contributed by atoms with Crippen molar-refractivity contribution in [1.82, 2.24) is 4.90 Å². The summed E-state index contributed by atoms with van der Waals surface area (Å²) in [6, 6.07) is 8.05. The second-order valence-electron chi connectivity index (χ2n) is 5.60. The highest BCUT2D eigenvalue weighted by atomic mass is 16.5. The quantitative estimate of drug-likeness (QED) is 0.808. The highest BCUT2D eigenvalue weighted by Gasteiger charge is 2.21. The first kappa shape index (κ1) is 16.6. The Bertz CT molecular complexity index is 467. The molecule has 1 aromatic rings. The van der Waals surface area contributed by atoms with E-state index in [0.29, 0.717) is 0 Å². The van der Waals surface area contributed by atoms with Crippen LogP contribution in [0.15, 0.2) is 24.3 Å². The molecule has 1 aliphatic rings. The molecule has 0 unspecified atom stereocenters. The lowest BCUT2D eigenvalue weighted by Gasteiger charge is -2.36. The fraction of sp³-hybridized carbons (Fsp3) is 0.588. The number of carbonyl (C=O) groups excluding carboxylic acids is 1. The number of anilines is 1. The summed E-state index contributed by atoms with van der Waals surface area (Å²) in [4.78, 5) is 16.3. The van der Waals surface area contributed by atoms with Crippen LogP contribution in [-0.2, 0) is 9.53 Å². The molecule has 0 saturated carbocycles. The third-order valence-corrected chi connectivity index (χ3v) is 4.14. The van der Waals surface area contributed by atoms with Gasteiger partial charge in [0.15, 0.2) is 0 Å². The van der Waals surface area contributed by atoms with Gasteiger partial charge >= 0.3 is 0 Å². The van der Waals surface area contributed by atoms with Gasteiger partial charge in [0.05, 0.1) is 13.2 Å². The normalized spacial score (nSPS) is 16.5. The third-order valence-electron chi connectivity index (χ3n) is 4.14. The summed E-state index contributed by atoms with van der Waals surface area (Å²) in [5.41, 5.74) is 1.17. The summed E-state index contributed by atoms with van der Waals surface area (Å²) >= 11 is 0. The zero-order valence-corrected chi connectivity index (χ0v) is 13.7. The van der Waals surface area contributed by atoms with E-state index in [1.165, 1.54) is 5.69 Å². The highest BCUT2D eigenvalue weighted by Crippen LogP contribution is 2.20. The topological polar surface area (TPSA) is 42.0 Å². The van der Waals surface area contributed by atoms with Gasteiger partial charge in [-0.1, -0.05) is 6.92 Å². The molecule has 2 rings (SSSR count). The Morgan fingerprint density at radius 1 is 1.18 bits per heavy atom. The fourth-order valence-corrected chi connectivity index (χ4v) is 2.43. The average Bonchev–Trinajstić information content (AvgIpc) is 2.59. The monoisotopic (exact) mass is 306 g/mol. The summed E-state index contributed by atoms with van der Waals surface area (Å²) in [6.07, 6.45) is 1.07. The molecule has 1 saturated heterocycles. The maximum Gasteiger partial charge on any atom is 0.248 e. The fourth-order valence-electron chi connectivity index (χ4n) is 2.43. The van der Waals surface area contributed by atoms with Crippen molar-refractivity contribution in [3.05, 3.63) is 24.3 Å². The molecule has 1 aromatic carbocycles.